The highest BCUT2D eigenvalue weighted by atomic mass is 16.6. The fourth-order valence-corrected chi connectivity index (χ4v) is 1.90. The van der Waals surface area contributed by atoms with Crippen LogP contribution in [0.4, 0.5) is 11.6 Å². The summed E-state index contributed by atoms with van der Waals surface area (Å²) in [6.45, 7) is 6.33. The Balaban J connectivity index is 2.33. The first-order chi connectivity index (χ1) is 10.3. The molecular weight excluding hydrogens is 284 g/mol. The number of nitro groups is 1. The molecule has 6 heteroatoms. The Kier molecular flexibility index (Phi) is 4.30. The van der Waals surface area contributed by atoms with E-state index in [1.165, 1.54) is 18.3 Å². The third-order valence-electron chi connectivity index (χ3n) is 3.17. The van der Waals surface area contributed by atoms with Crippen LogP contribution in [0.5, 0.6) is 5.75 Å². The van der Waals surface area contributed by atoms with Crippen molar-refractivity contribution in [3.63, 3.8) is 0 Å². The molecule has 2 aromatic rings. The van der Waals surface area contributed by atoms with E-state index in [1.54, 1.807) is 7.11 Å². The molecule has 0 aliphatic carbocycles. The van der Waals surface area contributed by atoms with Gasteiger partial charge in [0.2, 0.25) is 0 Å². The molecule has 0 radical (unpaired) electrons. The summed E-state index contributed by atoms with van der Waals surface area (Å²) in [5.41, 5.74) is 1.75. The van der Waals surface area contributed by atoms with Gasteiger partial charge >= 0.3 is 5.88 Å². The summed E-state index contributed by atoms with van der Waals surface area (Å²) in [5, 5.41) is 10.6. The fourth-order valence-electron chi connectivity index (χ4n) is 1.90. The smallest absolute Gasteiger partial charge is 0.433 e. The maximum atomic E-state index is 10.6. The number of furan rings is 1. The topological polar surface area (TPSA) is 77.9 Å². The van der Waals surface area contributed by atoms with Crippen molar-refractivity contribution in [3.05, 3.63) is 51.8 Å². The zero-order valence-electron chi connectivity index (χ0n) is 13.0. The molecule has 0 aliphatic rings. The maximum Gasteiger partial charge on any atom is 0.433 e. The average Bonchev–Trinajstić information content (AvgIpc) is 2.93. The first-order valence-corrected chi connectivity index (χ1v) is 6.78. The molecule has 22 heavy (non-hydrogen) atoms. The Morgan fingerprint density at radius 2 is 2.00 bits per heavy atom. The molecule has 0 N–H and O–H groups in total. The van der Waals surface area contributed by atoms with Gasteiger partial charge in [-0.25, -0.2) is 4.99 Å². The third kappa shape index (κ3) is 3.52. The van der Waals surface area contributed by atoms with Gasteiger partial charge in [0.25, 0.3) is 0 Å². The van der Waals surface area contributed by atoms with E-state index in [-0.39, 0.29) is 11.3 Å². The van der Waals surface area contributed by atoms with Crippen molar-refractivity contribution in [3.8, 4) is 5.75 Å². The zero-order chi connectivity index (χ0) is 16.3. The molecule has 0 fully saturated rings. The summed E-state index contributed by atoms with van der Waals surface area (Å²) in [4.78, 5) is 14.3. The summed E-state index contributed by atoms with van der Waals surface area (Å²) in [7, 11) is 1.57. The van der Waals surface area contributed by atoms with E-state index in [0.29, 0.717) is 17.2 Å². The van der Waals surface area contributed by atoms with Crippen molar-refractivity contribution in [2.24, 2.45) is 4.99 Å². The van der Waals surface area contributed by atoms with Crippen LogP contribution in [0.15, 0.2) is 39.7 Å². The second-order valence-electron chi connectivity index (χ2n) is 5.83. The van der Waals surface area contributed by atoms with E-state index < -0.39 is 4.92 Å². The summed E-state index contributed by atoms with van der Waals surface area (Å²) in [6, 6.07) is 8.59. The van der Waals surface area contributed by atoms with Crippen molar-refractivity contribution in [1.82, 2.24) is 0 Å². The highest BCUT2D eigenvalue weighted by Gasteiger charge is 2.16. The molecule has 0 saturated heterocycles. The molecule has 0 saturated carbocycles. The molecule has 6 nitrogen and oxygen atoms in total. The molecule has 0 bridgehead atoms. The molecular formula is C16H18N2O4. The number of nitrogens with zero attached hydrogens (tertiary/aromatic N) is 2. The van der Waals surface area contributed by atoms with E-state index in [4.69, 9.17) is 9.15 Å². The van der Waals surface area contributed by atoms with Gasteiger partial charge in [-0.05, 0) is 29.2 Å². The first kappa shape index (κ1) is 15.8. The Hall–Kier alpha value is -2.63. The van der Waals surface area contributed by atoms with Crippen LogP contribution in [0, 0.1) is 10.1 Å². The predicted octanol–water partition coefficient (Wildman–Crippen LogP) is 4.24. The van der Waals surface area contributed by atoms with Gasteiger partial charge in [-0.3, -0.25) is 10.1 Å². The summed E-state index contributed by atoms with van der Waals surface area (Å²) in [6.07, 6.45) is 1.44. The van der Waals surface area contributed by atoms with Crippen LogP contribution in [0.3, 0.4) is 0 Å². The van der Waals surface area contributed by atoms with E-state index in [9.17, 15) is 10.1 Å². The second-order valence-corrected chi connectivity index (χ2v) is 5.83. The molecule has 116 valence electrons. The molecule has 0 atom stereocenters. The van der Waals surface area contributed by atoms with Gasteiger partial charge in [-0.2, -0.15) is 0 Å². The van der Waals surface area contributed by atoms with E-state index >= 15 is 0 Å². The average molecular weight is 302 g/mol. The van der Waals surface area contributed by atoms with Gasteiger partial charge in [-0.15, -0.1) is 0 Å². The SMILES string of the molecule is COc1ccc(C(C)(C)C)cc1N=Cc1ccc([N+](=O)[O-])o1. The van der Waals surface area contributed by atoms with Gasteiger partial charge in [0.15, 0.2) is 5.76 Å². The standard InChI is InChI=1S/C16H18N2O4/c1-16(2,3)11-5-7-14(21-4)13(9-11)17-10-12-6-8-15(22-12)18(19)20/h5-10H,1-4H3. The molecule has 0 unspecified atom stereocenters. The summed E-state index contributed by atoms with van der Waals surface area (Å²) in [5.74, 6) is 0.636. The lowest BCUT2D eigenvalue weighted by atomic mass is 9.87. The quantitative estimate of drug-likeness (QED) is 0.480. The van der Waals surface area contributed by atoms with Crippen LogP contribution in [-0.2, 0) is 5.41 Å². The first-order valence-electron chi connectivity index (χ1n) is 6.78. The Bertz CT molecular complexity index is 711. The van der Waals surface area contributed by atoms with Crippen LogP contribution < -0.4 is 4.74 Å². The van der Waals surface area contributed by atoms with Crippen LogP contribution in [0.1, 0.15) is 32.1 Å². The molecule has 2 rings (SSSR count). The van der Waals surface area contributed by atoms with Crippen molar-refractivity contribution in [1.29, 1.82) is 0 Å². The fraction of sp³-hybridized carbons (Fsp3) is 0.312. The highest BCUT2D eigenvalue weighted by Crippen LogP contribution is 2.33. The predicted molar refractivity (Wildman–Crippen MR) is 84.3 cm³/mol. The van der Waals surface area contributed by atoms with Crippen molar-refractivity contribution in [2.75, 3.05) is 7.11 Å². The molecule has 0 amide bonds. The van der Waals surface area contributed by atoms with Crippen molar-refractivity contribution in [2.45, 2.75) is 26.2 Å². The van der Waals surface area contributed by atoms with Crippen LogP contribution in [0.2, 0.25) is 0 Å². The van der Waals surface area contributed by atoms with E-state index in [2.05, 4.69) is 25.8 Å². The minimum atomic E-state index is -0.585. The van der Waals surface area contributed by atoms with Crippen LogP contribution in [0.25, 0.3) is 0 Å². The second kappa shape index (κ2) is 6.01. The number of ether oxygens (including phenoxy) is 1. The minimum absolute atomic E-state index is 0.0139. The Morgan fingerprint density at radius 1 is 1.27 bits per heavy atom. The Labute approximate surface area is 128 Å². The Morgan fingerprint density at radius 3 is 2.55 bits per heavy atom. The van der Waals surface area contributed by atoms with Crippen LogP contribution in [-0.4, -0.2) is 18.2 Å². The molecule has 1 heterocycles. The number of methoxy groups -OCH3 is 1. The number of rotatable bonds is 4. The van der Waals surface area contributed by atoms with Crippen molar-refractivity contribution < 1.29 is 14.1 Å². The largest absolute Gasteiger partial charge is 0.494 e. The van der Waals surface area contributed by atoms with Gasteiger partial charge in [0.1, 0.15) is 16.4 Å². The normalized spacial score (nSPS) is 11.8. The zero-order valence-corrected chi connectivity index (χ0v) is 13.0. The number of hydrogen-bond acceptors (Lipinski definition) is 5. The summed E-state index contributed by atoms with van der Waals surface area (Å²) < 4.78 is 10.3. The highest BCUT2D eigenvalue weighted by molar-refractivity contribution is 5.80. The van der Waals surface area contributed by atoms with Gasteiger partial charge in [-0.1, -0.05) is 26.8 Å². The lowest BCUT2D eigenvalue weighted by Gasteiger charge is -2.20. The maximum absolute atomic E-state index is 10.6. The van der Waals surface area contributed by atoms with Gasteiger partial charge < -0.3 is 9.15 Å². The van der Waals surface area contributed by atoms with E-state index in [0.717, 1.165) is 5.56 Å². The molecule has 1 aromatic heterocycles. The molecule has 0 aliphatic heterocycles. The molecule has 0 spiro atoms. The van der Waals surface area contributed by atoms with Gasteiger partial charge in [0.05, 0.1) is 19.4 Å². The lowest BCUT2D eigenvalue weighted by Crippen LogP contribution is -2.10. The van der Waals surface area contributed by atoms with Crippen molar-refractivity contribution >= 4 is 17.8 Å². The number of hydrogen-bond donors (Lipinski definition) is 0. The van der Waals surface area contributed by atoms with Gasteiger partial charge in [0, 0.05) is 0 Å². The van der Waals surface area contributed by atoms with E-state index in [1.807, 2.05) is 18.2 Å². The monoisotopic (exact) mass is 302 g/mol. The summed E-state index contributed by atoms with van der Waals surface area (Å²) >= 11 is 0. The molecule has 1 aromatic carbocycles. The number of aliphatic imine (C=N–C) groups is 1. The lowest BCUT2D eigenvalue weighted by molar-refractivity contribution is -0.402. The van der Waals surface area contributed by atoms with Crippen LogP contribution >= 0.6 is 0 Å². The minimum Gasteiger partial charge on any atom is -0.494 e. The third-order valence-corrected chi connectivity index (χ3v) is 3.17. The number of benzene rings is 1.